The molecule has 0 fully saturated rings. The highest BCUT2D eigenvalue weighted by Gasteiger charge is 2.12. The quantitative estimate of drug-likeness (QED) is 0.394. The highest BCUT2D eigenvalue weighted by Crippen LogP contribution is 2.22. The molecule has 5 nitrogen and oxygen atoms in total. The van der Waals surface area contributed by atoms with Gasteiger partial charge in [-0.25, -0.2) is 5.43 Å². The number of amides is 2. The lowest BCUT2D eigenvalue weighted by molar-refractivity contribution is 0.0954. The molecule has 0 unspecified atom stereocenters. The molecule has 0 aliphatic rings. The molecule has 3 aromatic carbocycles. The van der Waals surface area contributed by atoms with Crippen LogP contribution in [-0.4, -0.2) is 17.5 Å². The summed E-state index contributed by atoms with van der Waals surface area (Å²) in [5.74, 6) is -0.646. The van der Waals surface area contributed by atoms with Gasteiger partial charge < -0.3 is 5.32 Å². The van der Waals surface area contributed by atoms with Crippen LogP contribution in [0.3, 0.4) is 0 Å². The van der Waals surface area contributed by atoms with Crippen LogP contribution < -0.4 is 10.7 Å². The molecule has 0 spiro atoms. The normalized spacial score (nSPS) is 11.1. The van der Waals surface area contributed by atoms with E-state index in [-0.39, 0.29) is 16.8 Å². The minimum Gasteiger partial charge on any atom is -0.322 e. The van der Waals surface area contributed by atoms with Crippen LogP contribution in [0.1, 0.15) is 38.8 Å². The molecule has 0 heterocycles. The van der Waals surface area contributed by atoms with Crippen molar-refractivity contribution in [1.82, 2.24) is 5.43 Å². The van der Waals surface area contributed by atoms with E-state index in [1.165, 1.54) is 6.07 Å². The molecule has 0 aromatic heterocycles. The lowest BCUT2D eigenvalue weighted by atomic mass is 10.1. The maximum atomic E-state index is 12.5. The van der Waals surface area contributed by atoms with Gasteiger partial charge in [0.15, 0.2) is 0 Å². The number of hydrogen-bond donors (Lipinski definition) is 2. The molecule has 3 aromatic rings. The van der Waals surface area contributed by atoms with Crippen LogP contribution in [0.5, 0.6) is 0 Å². The standard InChI is InChI=1S/C23H19Cl2N3O2/c1-14-6-8-16(9-7-14)22(29)28-27-15(2)17-4-3-5-19(12-17)26-23(30)20-11-10-18(24)13-21(20)25/h3-13H,1-2H3,(H,26,30)(H,28,29)/b27-15-. The van der Waals surface area contributed by atoms with Crippen molar-refractivity contribution in [2.75, 3.05) is 5.32 Å². The van der Waals surface area contributed by atoms with Gasteiger partial charge in [-0.3, -0.25) is 9.59 Å². The van der Waals surface area contributed by atoms with E-state index >= 15 is 0 Å². The van der Waals surface area contributed by atoms with Crippen LogP contribution >= 0.6 is 23.2 Å². The predicted molar refractivity (Wildman–Crippen MR) is 122 cm³/mol. The van der Waals surface area contributed by atoms with E-state index in [9.17, 15) is 9.59 Å². The number of hydrogen-bond acceptors (Lipinski definition) is 3. The molecule has 0 aliphatic heterocycles. The zero-order valence-corrected chi connectivity index (χ0v) is 17.9. The van der Waals surface area contributed by atoms with Gasteiger partial charge in [-0.1, -0.05) is 53.0 Å². The summed E-state index contributed by atoms with van der Waals surface area (Å²) in [4.78, 5) is 24.7. The first-order valence-electron chi connectivity index (χ1n) is 9.11. The van der Waals surface area contributed by atoms with Crippen LogP contribution in [0.4, 0.5) is 5.69 Å². The van der Waals surface area contributed by atoms with Gasteiger partial charge in [0.05, 0.1) is 16.3 Å². The predicted octanol–water partition coefficient (Wildman–Crippen LogP) is 5.71. The summed E-state index contributed by atoms with van der Waals surface area (Å²) in [5.41, 5.74) is 6.38. The smallest absolute Gasteiger partial charge is 0.271 e. The average Bonchev–Trinajstić information content (AvgIpc) is 2.72. The van der Waals surface area contributed by atoms with Crippen molar-refractivity contribution in [3.05, 3.63) is 99.0 Å². The number of anilines is 1. The SMILES string of the molecule is C/C(=N/NC(=O)c1ccc(C)cc1)c1cccc(NC(=O)c2ccc(Cl)cc2Cl)c1. The summed E-state index contributed by atoms with van der Waals surface area (Å²) in [6.07, 6.45) is 0. The average molecular weight is 440 g/mol. The Balaban J connectivity index is 1.70. The number of benzene rings is 3. The second kappa shape index (κ2) is 9.57. The molecule has 7 heteroatoms. The molecule has 0 atom stereocenters. The van der Waals surface area contributed by atoms with Crippen LogP contribution in [0.2, 0.25) is 10.0 Å². The van der Waals surface area contributed by atoms with E-state index < -0.39 is 0 Å². The lowest BCUT2D eigenvalue weighted by Crippen LogP contribution is -2.19. The van der Waals surface area contributed by atoms with E-state index in [1.807, 2.05) is 25.1 Å². The van der Waals surface area contributed by atoms with Crippen molar-refractivity contribution >= 4 is 46.4 Å². The summed E-state index contributed by atoms with van der Waals surface area (Å²) in [6, 6.07) is 19.0. The van der Waals surface area contributed by atoms with Crippen LogP contribution in [0, 0.1) is 6.92 Å². The van der Waals surface area contributed by atoms with Crippen molar-refractivity contribution in [3.63, 3.8) is 0 Å². The molecule has 30 heavy (non-hydrogen) atoms. The van der Waals surface area contributed by atoms with Crippen molar-refractivity contribution in [2.24, 2.45) is 5.10 Å². The number of nitrogens with one attached hydrogen (secondary N) is 2. The Labute approximate surface area is 184 Å². The highest BCUT2D eigenvalue weighted by molar-refractivity contribution is 6.37. The van der Waals surface area contributed by atoms with Crippen molar-refractivity contribution < 1.29 is 9.59 Å². The van der Waals surface area contributed by atoms with Gasteiger partial charge in [-0.2, -0.15) is 5.10 Å². The number of carbonyl (C=O) groups excluding carboxylic acids is 2. The Kier molecular flexibility index (Phi) is 6.87. The van der Waals surface area contributed by atoms with E-state index in [0.29, 0.717) is 27.5 Å². The first-order chi connectivity index (χ1) is 14.3. The second-order valence-corrected chi connectivity index (χ2v) is 7.51. The van der Waals surface area contributed by atoms with E-state index in [2.05, 4.69) is 15.8 Å². The van der Waals surface area contributed by atoms with Crippen molar-refractivity contribution in [2.45, 2.75) is 13.8 Å². The first-order valence-corrected chi connectivity index (χ1v) is 9.87. The van der Waals surface area contributed by atoms with Crippen molar-refractivity contribution in [1.29, 1.82) is 0 Å². The fraction of sp³-hybridized carbons (Fsp3) is 0.0870. The number of hydrazone groups is 1. The number of rotatable bonds is 5. The Morgan fingerprint density at radius 3 is 2.30 bits per heavy atom. The van der Waals surface area contributed by atoms with E-state index in [1.54, 1.807) is 49.4 Å². The molecular weight excluding hydrogens is 421 g/mol. The Morgan fingerprint density at radius 2 is 1.60 bits per heavy atom. The maximum Gasteiger partial charge on any atom is 0.271 e. The molecule has 2 N–H and O–H groups in total. The summed E-state index contributed by atoms with van der Waals surface area (Å²) < 4.78 is 0. The van der Waals surface area contributed by atoms with Gasteiger partial charge in [0, 0.05) is 16.3 Å². The molecule has 0 radical (unpaired) electrons. The molecule has 152 valence electrons. The third-order valence-electron chi connectivity index (χ3n) is 4.35. The van der Waals surface area contributed by atoms with Crippen molar-refractivity contribution in [3.8, 4) is 0 Å². The molecule has 3 rings (SSSR count). The third kappa shape index (κ3) is 5.47. The minimum absolute atomic E-state index is 0.271. The molecule has 2 amide bonds. The Hall–Kier alpha value is -3.15. The molecular formula is C23H19Cl2N3O2. The lowest BCUT2D eigenvalue weighted by Gasteiger charge is -2.09. The summed E-state index contributed by atoms with van der Waals surface area (Å²) in [6.45, 7) is 3.73. The van der Waals surface area contributed by atoms with Crippen LogP contribution in [-0.2, 0) is 0 Å². The largest absolute Gasteiger partial charge is 0.322 e. The Bertz CT molecular complexity index is 1130. The number of halogens is 2. The zero-order chi connectivity index (χ0) is 21.7. The van der Waals surface area contributed by atoms with Gasteiger partial charge >= 0.3 is 0 Å². The fourth-order valence-corrected chi connectivity index (χ4v) is 3.16. The maximum absolute atomic E-state index is 12.5. The highest BCUT2D eigenvalue weighted by atomic mass is 35.5. The summed E-state index contributed by atoms with van der Waals surface area (Å²) >= 11 is 12.0. The topological polar surface area (TPSA) is 70.6 Å². The zero-order valence-electron chi connectivity index (χ0n) is 16.4. The number of nitrogens with zero attached hydrogens (tertiary/aromatic N) is 1. The van der Waals surface area contributed by atoms with Gasteiger partial charge in [0.1, 0.15) is 0 Å². The number of carbonyl (C=O) groups is 2. The van der Waals surface area contributed by atoms with Gasteiger partial charge in [0.25, 0.3) is 11.8 Å². The fourth-order valence-electron chi connectivity index (χ4n) is 2.66. The Morgan fingerprint density at radius 1 is 0.867 bits per heavy atom. The minimum atomic E-state index is -0.351. The van der Waals surface area contributed by atoms with E-state index in [4.69, 9.17) is 23.2 Å². The summed E-state index contributed by atoms with van der Waals surface area (Å²) in [7, 11) is 0. The van der Waals surface area contributed by atoms with Gasteiger partial charge in [0.2, 0.25) is 0 Å². The monoisotopic (exact) mass is 439 g/mol. The molecule has 0 bridgehead atoms. The summed E-state index contributed by atoms with van der Waals surface area (Å²) in [5, 5.41) is 7.69. The van der Waals surface area contributed by atoms with Gasteiger partial charge in [-0.05, 0) is 61.9 Å². The second-order valence-electron chi connectivity index (χ2n) is 6.66. The van der Waals surface area contributed by atoms with Crippen LogP contribution in [0.15, 0.2) is 71.8 Å². The van der Waals surface area contributed by atoms with Crippen LogP contribution in [0.25, 0.3) is 0 Å². The van der Waals surface area contributed by atoms with Gasteiger partial charge in [-0.15, -0.1) is 0 Å². The first kappa shape index (κ1) is 21.6. The molecule has 0 saturated heterocycles. The third-order valence-corrected chi connectivity index (χ3v) is 4.90. The van der Waals surface area contributed by atoms with E-state index in [0.717, 1.165) is 11.1 Å². The molecule has 0 aliphatic carbocycles. The number of aryl methyl sites for hydroxylation is 1. The molecule has 0 saturated carbocycles.